The first-order chi connectivity index (χ1) is 12.0. The summed E-state index contributed by atoms with van der Waals surface area (Å²) >= 11 is 0. The van der Waals surface area contributed by atoms with E-state index in [1.54, 1.807) is 18.0 Å². The third kappa shape index (κ3) is 3.91. The molecule has 0 aromatic carbocycles. The molecule has 1 N–H and O–H groups in total. The van der Waals surface area contributed by atoms with Gasteiger partial charge in [-0.1, -0.05) is 0 Å². The molecule has 1 aromatic rings. The lowest BCUT2D eigenvalue weighted by atomic mass is 9.91. The Balaban J connectivity index is 1.85. The molecule has 136 valence electrons. The molecule has 0 spiro atoms. The van der Waals surface area contributed by atoms with Crippen LogP contribution in [0.4, 0.5) is 5.95 Å². The average molecular weight is 345 g/mol. The van der Waals surface area contributed by atoms with Crippen LogP contribution in [0.3, 0.4) is 0 Å². The molecule has 2 aliphatic heterocycles. The molecule has 0 bridgehead atoms. The Bertz CT molecular complexity index is 642. The normalized spacial score (nSPS) is 23.4. The van der Waals surface area contributed by atoms with Gasteiger partial charge in [-0.3, -0.25) is 9.59 Å². The molecule has 2 amide bonds. The molecule has 7 heteroatoms. The van der Waals surface area contributed by atoms with Crippen molar-refractivity contribution in [3.8, 4) is 0 Å². The number of anilines is 1. The van der Waals surface area contributed by atoms with Gasteiger partial charge in [0.05, 0.1) is 11.6 Å². The monoisotopic (exact) mass is 345 g/mol. The summed E-state index contributed by atoms with van der Waals surface area (Å²) in [6.45, 7) is 8.37. The first-order valence-electron chi connectivity index (χ1n) is 9.09. The molecule has 7 nitrogen and oxygen atoms in total. The van der Waals surface area contributed by atoms with E-state index >= 15 is 0 Å². The maximum Gasteiger partial charge on any atom is 0.225 e. The molecule has 2 atom stereocenters. The molecular formula is C18H27N5O2. The molecule has 2 saturated heterocycles. The molecule has 3 heterocycles. The molecule has 2 fully saturated rings. The highest BCUT2D eigenvalue weighted by atomic mass is 16.2. The van der Waals surface area contributed by atoms with Crippen molar-refractivity contribution in [2.24, 2.45) is 5.92 Å². The standard InChI is InChI=1S/C18H27N5O2/c1-12(2)20-17(25)15-11-23(13(3)24)10-14(15)16-6-7-19-18(21-16)22-8-4-5-9-22/h6-7,12,14-15H,4-5,8-11H2,1-3H3,(H,20,25)/t14-,15-/m1/s1. The fourth-order valence-electron chi connectivity index (χ4n) is 3.66. The summed E-state index contributed by atoms with van der Waals surface area (Å²) in [6, 6.07) is 1.95. The number of rotatable bonds is 4. The summed E-state index contributed by atoms with van der Waals surface area (Å²) in [6.07, 6.45) is 4.09. The van der Waals surface area contributed by atoms with Crippen molar-refractivity contribution in [1.82, 2.24) is 20.2 Å². The van der Waals surface area contributed by atoms with Crippen LogP contribution in [0, 0.1) is 5.92 Å². The van der Waals surface area contributed by atoms with Crippen LogP contribution in [0.2, 0.25) is 0 Å². The van der Waals surface area contributed by atoms with Crippen LogP contribution in [-0.2, 0) is 9.59 Å². The number of carbonyl (C=O) groups is 2. The Morgan fingerprint density at radius 3 is 2.60 bits per heavy atom. The van der Waals surface area contributed by atoms with Crippen LogP contribution >= 0.6 is 0 Å². The number of aromatic nitrogens is 2. The number of amides is 2. The van der Waals surface area contributed by atoms with Gasteiger partial charge < -0.3 is 15.1 Å². The first kappa shape index (κ1) is 17.6. The second-order valence-corrected chi connectivity index (χ2v) is 7.28. The Morgan fingerprint density at radius 1 is 1.24 bits per heavy atom. The number of nitrogens with one attached hydrogen (secondary N) is 1. The highest BCUT2D eigenvalue weighted by molar-refractivity contribution is 5.82. The number of nitrogens with zero attached hydrogens (tertiary/aromatic N) is 4. The summed E-state index contributed by atoms with van der Waals surface area (Å²) in [7, 11) is 0. The zero-order valence-electron chi connectivity index (χ0n) is 15.2. The lowest BCUT2D eigenvalue weighted by molar-refractivity contribution is -0.128. The van der Waals surface area contributed by atoms with Gasteiger partial charge in [-0.05, 0) is 32.8 Å². The first-order valence-corrected chi connectivity index (χ1v) is 9.09. The van der Waals surface area contributed by atoms with E-state index in [0.29, 0.717) is 13.1 Å². The van der Waals surface area contributed by atoms with Crippen molar-refractivity contribution in [3.63, 3.8) is 0 Å². The summed E-state index contributed by atoms with van der Waals surface area (Å²) in [5, 5.41) is 2.98. The van der Waals surface area contributed by atoms with E-state index in [-0.39, 0.29) is 29.7 Å². The van der Waals surface area contributed by atoms with Crippen molar-refractivity contribution in [3.05, 3.63) is 18.0 Å². The van der Waals surface area contributed by atoms with Crippen LogP contribution in [0.25, 0.3) is 0 Å². The highest BCUT2D eigenvalue weighted by Crippen LogP contribution is 2.33. The molecule has 1 aromatic heterocycles. The maximum absolute atomic E-state index is 12.6. The molecule has 0 unspecified atom stereocenters. The predicted molar refractivity (Wildman–Crippen MR) is 95.2 cm³/mol. The Labute approximate surface area is 148 Å². The minimum Gasteiger partial charge on any atom is -0.354 e. The number of hydrogen-bond acceptors (Lipinski definition) is 5. The minimum atomic E-state index is -0.271. The van der Waals surface area contributed by atoms with Gasteiger partial charge in [0.15, 0.2) is 0 Å². The molecule has 0 saturated carbocycles. The van der Waals surface area contributed by atoms with E-state index in [0.717, 1.165) is 37.6 Å². The quantitative estimate of drug-likeness (QED) is 0.886. The van der Waals surface area contributed by atoms with E-state index in [1.165, 1.54) is 0 Å². The van der Waals surface area contributed by atoms with E-state index in [4.69, 9.17) is 4.98 Å². The lowest BCUT2D eigenvalue weighted by Crippen LogP contribution is -2.39. The van der Waals surface area contributed by atoms with E-state index in [9.17, 15) is 9.59 Å². The SMILES string of the molecule is CC(=O)N1C[C@@H](C(=O)NC(C)C)[C@H](c2ccnc(N3CCCC3)n2)C1. The van der Waals surface area contributed by atoms with Crippen molar-refractivity contribution in [2.75, 3.05) is 31.1 Å². The Hall–Kier alpha value is -2.18. The smallest absolute Gasteiger partial charge is 0.225 e. The largest absolute Gasteiger partial charge is 0.354 e. The van der Waals surface area contributed by atoms with Gasteiger partial charge >= 0.3 is 0 Å². The van der Waals surface area contributed by atoms with E-state index in [1.807, 2.05) is 19.9 Å². The van der Waals surface area contributed by atoms with Crippen LogP contribution in [0.5, 0.6) is 0 Å². The molecule has 25 heavy (non-hydrogen) atoms. The van der Waals surface area contributed by atoms with Crippen molar-refractivity contribution < 1.29 is 9.59 Å². The zero-order valence-corrected chi connectivity index (χ0v) is 15.2. The summed E-state index contributed by atoms with van der Waals surface area (Å²) in [4.78, 5) is 37.6. The fourth-order valence-corrected chi connectivity index (χ4v) is 3.66. The van der Waals surface area contributed by atoms with Crippen molar-refractivity contribution in [1.29, 1.82) is 0 Å². The van der Waals surface area contributed by atoms with Gasteiger partial charge in [0.25, 0.3) is 0 Å². The Morgan fingerprint density at radius 2 is 1.96 bits per heavy atom. The van der Waals surface area contributed by atoms with Gasteiger partial charge in [-0.25, -0.2) is 9.97 Å². The second kappa shape index (κ2) is 7.37. The van der Waals surface area contributed by atoms with Gasteiger partial charge in [0, 0.05) is 51.3 Å². The van der Waals surface area contributed by atoms with Crippen molar-refractivity contribution >= 4 is 17.8 Å². The molecule has 0 radical (unpaired) electrons. The molecule has 2 aliphatic rings. The van der Waals surface area contributed by atoms with Crippen LogP contribution in [0.15, 0.2) is 12.3 Å². The van der Waals surface area contributed by atoms with E-state index < -0.39 is 0 Å². The van der Waals surface area contributed by atoms with Gasteiger partial charge in [-0.2, -0.15) is 0 Å². The maximum atomic E-state index is 12.6. The third-order valence-corrected chi connectivity index (χ3v) is 4.97. The second-order valence-electron chi connectivity index (χ2n) is 7.28. The zero-order chi connectivity index (χ0) is 18.0. The van der Waals surface area contributed by atoms with Gasteiger partial charge in [0.1, 0.15) is 0 Å². The molecule has 0 aliphatic carbocycles. The van der Waals surface area contributed by atoms with E-state index in [2.05, 4.69) is 15.2 Å². The summed E-state index contributed by atoms with van der Waals surface area (Å²) < 4.78 is 0. The van der Waals surface area contributed by atoms with Gasteiger partial charge in [-0.15, -0.1) is 0 Å². The minimum absolute atomic E-state index is 0.00123. The number of carbonyl (C=O) groups excluding carboxylic acids is 2. The Kier molecular flexibility index (Phi) is 5.20. The van der Waals surface area contributed by atoms with Crippen LogP contribution < -0.4 is 10.2 Å². The number of likely N-dealkylation sites (tertiary alicyclic amines) is 1. The van der Waals surface area contributed by atoms with Crippen LogP contribution in [0.1, 0.15) is 45.2 Å². The third-order valence-electron chi connectivity index (χ3n) is 4.97. The molecular weight excluding hydrogens is 318 g/mol. The topological polar surface area (TPSA) is 78.4 Å². The summed E-state index contributed by atoms with van der Waals surface area (Å²) in [5.41, 5.74) is 0.851. The molecule has 3 rings (SSSR count). The van der Waals surface area contributed by atoms with Gasteiger partial charge in [0.2, 0.25) is 17.8 Å². The lowest BCUT2D eigenvalue weighted by Gasteiger charge is -2.21. The fraction of sp³-hybridized carbons (Fsp3) is 0.667. The average Bonchev–Trinajstić information content (AvgIpc) is 3.24. The predicted octanol–water partition coefficient (Wildman–Crippen LogP) is 1.16. The number of hydrogen-bond donors (Lipinski definition) is 1. The van der Waals surface area contributed by atoms with Crippen LogP contribution in [-0.4, -0.2) is 58.9 Å². The van der Waals surface area contributed by atoms with Crippen molar-refractivity contribution in [2.45, 2.75) is 45.6 Å². The summed E-state index contributed by atoms with van der Waals surface area (Å²) in [5.74, 6) is 0.364. The highest BCUT2D eigenvalue weighted by Gasteiger charge is 2.40.